The number of hydrogen-bond acceptors (Lipinski definition) is 5. The lowest BCUT2D eigenvalue weighted by Gasteiger charge is -2.26. The topological polar surface area (TPSA) is 78.9 Å². The summed E-state index contributed by atoms with van der Waals surface area (Å²) in [6, 6.07) is 8.20. The summed E-state index contributed by atoms with van der Waals surface area (Å²) in [5, 5.41) is 11.4. The Hall–Kier alpha value is -1.44. The van der Waals surface area contributed by atoms with Gasteiger partial charge in [0.2, 0.25) is 5.91 Å². The second-order valence-electron chi connectivity index (χ2n) is 6.55. The van der Waals surface area contributed by atoms with E-state index in [1.54, 1.807) is 0 Å². The van der Waals surface area contributed by atoms with Crippen molar-refractivity contribution in [3.8, 4) is 5.75 Å². The molecule has 146 valence electrons. The van der Waals surface area contributed by atoms with Crippen molar-refractivity contribution in [1.82, 2.24) is 10.2 Å². The number of aliphatic hydroxyl groups excluding tert-OH is 1. The Morgan fingerprint density at radius 3 is 2.85 bits per heavy atom. The molecule has 1 fully saturated rings. The lowest BCUT2D eigenvalue weighted by molar-refractivity contribution is -0.118. The SMILES string of the molecule is O=C(CS(=O)CCO)NCCCOc1cccc(CN2CCCCC2)c1. The van der Waals surface area contributed by atoms with E-state index in [0.29, 0.717) is 19.6 Å². The van der Waals surface area contributed by atoms with Gasteiger partial charge in [-0.25, -0.2) is 0 Å². The predicted octanol–water partition coefficient (Wildman–Crippen LogP) is 1.30. The standard InChI is InChI=1S/C19H30N2O4S/c22-11-13-26(24)16-19(23)20-8-5-12-25-18-7-4-6-17(14-18)15-21-9-2-1-3-10-21/h4,6-7,14,22H,1-3,5,8-13,15-16H2,(H,20,23). The van der Waals surface area contributed by atoms with Crippen LogP contribution in [0, 0.1) is 0 Å². The maximum Gasteiger partial charge on any atom is 0.232 e. The fourth-order valence-corrected chi connectivity index (χ4v) is 3.71. The first-order valence-corrected chi connectivity index (χ1v) is 10.8. The van der Waals surface area contributed by atoms with Gasteiger partial charge in [0.1, 0.15) is 11.5 Å². The molecule has 1 amide bonds. The molecular weight excluding hydrogens is 352 g/mol. The number of hydrogen-bond donors (Lipinski definition) is 2. The maximum absolute atomic E-state index is 11.6. The fourth-order valence-electron chi connectivity index (χ4n) is 2.97. The van der Waals surface area contributed by atoms with Crippen molar-refractivity contribution in [3.63, 3.8) is 0 Å². The van der Waals surface area contributed by atoms with Crippen molar-refractivity contribution in [3.05, 3.63) is 29.8 Å². The highest BCUT2D eigenvalue weighted by atomic mass is 32.2. The predicted molar refractivity (Wildman–Crippen MR) is 104 cm³/mol. The number of nitrogens with zero attached hydrogens (tertiary/aromatic N) is 1. The van der Waals surface area contributed by atoms with E-state index in [2.05, 4.69) is 22.3 Å². The quantitative estimate of drug-likeness (QED) is 0.564. The van der Waals surface area contributed by atoms with Crippen LogP contribution in [0.4, 0.5) is 0 Å². The molecule has 1 unspecified atom stereocenters. The van der Waals surface area contributed by atoms with Gasteiger partial charge in [0, 0.05) is 29.6 Å². The average Bonchev–Trinajstić information content (AvgIpc) is 2.63. The van der Waals surface area contributed by atoms with Crippen LogP contribution in [0.3, 0.4) is 0 Å². The minimum absolute atomic E-state index is 0.0556. The highest BCUT2D eigenvalue weighted by Crippen LogP contribution is 2.17. The minimum atomic E-state index is -1.29. The van der Waals surface area contributed by atoms with E-state index in [4.69, 9.17) is 9.84 Å². The number of carbonyl (C=O) groups is 1. The van der Waals surface area contributed by atoms with Gasteiger partial charge in [-0.15, -0.1) is 0 Å². The second kappa shape index (κ2) is 12.0. The molecule has 1 aromatic carbocycles. The zero-order valence-corrected chi connectivity index (χ0v) is 16.1. The molecule has 1 atom stereocenters. The molecule has 26 heavy (non-hydrogen) atoms. The monoisotopic (exact) mass is 382 g/mol. The molecule has 2 N–H and O–H groups in total. The van der Waals surface area contributed by atoms with E-state index in [0.717, 1.165) is 12.3 Å². The van der Waals surface area contributed by atoms with Gasteiger partial charge < -0.3 is 15.2 Å². The Labute approximate surface area is 158 Å². The molecule has 1 saturated heterocycles. The van der Waals surface area contributed by atoms with E-state index in [-0.39, 0.29) is 24.0 Å². The molecule has 0 saturated carbocycles. The summed E-state index contributed by atoms with van der Waals surface area (Å²) in [5.41, 5.74) is 1.27. The number of nitrogens with one attached hydrogen (secondary N) is 1. The van der Waals surface area contributed by atoms with Crippen LogP contribution in [0.2, 0.25) is 0 Å². The van der Waals surface area contributed by atoms with Crippen LogP contribution in [0.5, 0.6) is 5.75 Å². The fraction of sp³-hybridized carbons (Fsp3) is 0.632. The van der Waals surface area contributed by atoms with Gasteiger partial charge >= 0.3 is 0 Å². The van der Waals surface area contributed by atoms with Crippen molar-refractivity contribution >= 4 is 16.7 Å². The first kappa shape index (κ1) is 20.9. The van der Waals surface area contributed by atoms with Crippen LogP contribution >= 0.6 is 0 Å². The third kappa shape index (κ3) is 8.29. The van der Waals surface area contributed by atoms with E-state index in [1.807, 2.05) is 12.1 Å². The maximum atomic E-state index is 11.6. The Morgan fingerprint density at radius 1 is 1.27 bits per heavy atom. The molecule has 0 aromatic heterocycles. The van der Waals surface area contributed by atoms with E-state index in [9.17, 15) is 9.00 Å². The minimum Gasteiger partial charge on any atom is -0.494 e. The van der Waals surface area contributed by atoms with Gasteiger partial charge in [-0.1, -0.05) is 18.6 Å². The van der Waals surface area contributed by atoms with Crippen LogP contribution in [0.1, 0.15) is 31.2 Å². The number of piperidine rings is 1. The lowest BCUT2D eigenvalue weighted by atomic mass is 10.1. The summed E-state index contributed by atoms with van der Waals surface area (Å²) in [5.74, 6) is 0.694. The number of amides is 1. The van der Waals surface area contributed by atoms with E-state index in [1.165, 1.54) is 37.9 Å². The van der Waals surface area contributed by atoms with Crippen molar-refractivity contribution in [2.45, 2.75) is 32.2 Å². The highest BCUT2D eigenvalue weighted by molar-refractivity contribution is 7.85. The summed E-state index contributed by atoms with van der Waals surface area (Å²) in [6.45, 7) is 4.17. The van der Waals surface area contributed by atoms with E-state index >= 15 is 0 Å². The van der Waals surface area contributed by atoms with E-state index < -0.39 is 10.8 Å². The Balaban J connectivity index is 1.62. The van der Waals surface area contributed by atoms with Crippen LogP contribution in [-0.2, 0) is 22.1 Å². The van der Waals surface area contributed by atoms with Crippen molar-refractivity contribution in [1.29, 1.82) is 0 Å². The van der Waals surface area contributed by atoms with Gasteiger partial charge in [-0.05, 0) is 50.0 Å². The third-order valence-electron chi connectivity index (χ3n) is 4.28. The Morgan fingerprint density at radius 2 is 2.08 bits per heavy atom. The molecule has 0 aliphatic carbocycles. The molecule has 1 aromatic rings. The van der Waals surface area contributed by atoms with Crippen LogP contribution in [0.15, 0.2) is 24.3 Å². The summed E-state index contributed by atoms with van der Waals surface area (Å²) in [6.07, 6.45) is 4.60. The first-order valence-electron chi connectivity index (χ1n) is 9.34. The lowest BCUT2D eigenvalue weighted by Crippen LogP contribution is -2.30. The van der Waals surface area contributed by atoms with Crippen molar-refractivity contribution < 1.29 is 18.8 Å². The molecule has 1 aliphatic rings. The molecule has 7 heteroatoms. The zero-order chi connectivity index (χ0) is 18.6. The Kier molecular flexibility index (Phi) is 9.66. The summed E-state index contributed by atoms with van der Waals surface area (Å²) < 4.78 is 17.1. The summed E-state index contributed by atoms with van der Waals surface area (Å²) in [4.78, 5) is 14.0. The largest absolute Gasteiger partial charge is 0.494 e. The molecule has 0 radical (unpaired) electrons. The average molecular weight is 383 g/mol. The van der Waals surface area contributed by atoms with Gasteiger partial charge in [0.05, 0.1) is 13.2 Å². The molecule has 1 aliphatic heterocycles. The van der Waals surface area contributed by atoms with Gasteiger partial charge in [0.25, 0.3) is 0 Å². The van der Waals surface area contributed by atoms with Crippen LogP contribution < -0.4 is 10.1 Å². The number of aliphatic hydroxyl groups is 1. The third-order valence-corrected chi connectivity index (χ3v) is 5.50. The smallest absolute Gasteiger partial charge is 0.232 e. The molecule has 1 heterocycles. The molecule has 0 bridgehead atoms. The molecule has 6 nitrogen and oxygen atoms in total. The first-order chi connectivity index (χ1) is 12.7. The summed E-state index contributed by atoms with van der Waals surface area (Å²) >= 11 is 0. The van der Waals surface area contributed by atoms with Gasteiger partial charge in [-0.3, -0.25) is 13.9 Å². The molecule has 2 rings (SSSR count). The highest BCUT2D eigenvalue weighted by Gasteiger charge is 2.10. The number of rotatable bonds is 11. The van der Waals surface area contributed by atoms with Gasteiger partial charge in [-0.2, -0.15) is 0 Å². The summed E-state index contributed by atoms with van der Waals surface area (Å²) in [7, 11) is -1.29. The molecular formula is C19H30N2O4S. The normalized spacial score (nSPS) is 16.2. The molecule has 0 spiro atoms. The number of benzene rings is 1. The number of ether oxygens (including phenoxy) is 1. The van der Waals surface area contributed by atoms with Crippen molar-refractivity contribution in [2.75, 3.05) is 44.4 Å². The van der Waals surface area contributed by atoms with Crippen molar-refractivity contribution in [2.24, 2.45) is 0 Å². The van der Waals surface area contributed by atoms with Gasteiger partial charge in [0.15, 0.2) is 0 Å². The Bertz CT molecular complexity index is 576. The van der Waals surface area contributed by atoms with Crippen LogP contribution in [-0.4, -0.2) is 64.5 Å². The van der Waals surface area contributed by atoms with Crippen LogP contribution in [0.25, 0.3) is 0 Å². The number of carbonyl (C=O) groups excluding carboxylic acids is 1. The zero-order valence-electron chi connectivity index (χ0n) is 15.3. The number of likely N-dealkylation sites (tertiary alicyclic amines) is 1. The second-order valence-corrected chi connectivity index (χ2v) is 8.12.